The fourth-order valence-corrected chi connectivity index (χ4v) is 3.53. The number of hydrogen-bond donors (Lipinski definition) is 3. The van der Waals surface area contributed by atoms with Gasteiger partial charge < -0.3 is 19.9 Å². The molecule has 0 saturated heterocycles. The van der Waals surface area contributed by atoms with E-state index in [1.54, 1.807) is 0 Å². The lowest BCUT2D eigenvalue weighted by Gasteiger charge is -2.36. The van der Waals surface area contributed by atoms with Crippen molar-refractivity contribution in [2.24, 2.45) is 4.99 Å². The standard InChI is InChI=1S/C21H21ClF6N6O4.C2HF3O2/c1-19(2,3)38-18(36)31-17-32-20(4,7-11(37-17)21(26,27)28)14-10(23)5-6-12(29-14)30-15(35)13-9(22)8-34(33-13)16(24)25;3-2(4,5)1(6)7/h5-6,8,11,16H,7H2,1-4H3,(H,29,30,35)(H,31,32,36);(H,6,7)/t11-,20-;/m0./s1. The lowest BCUT2D eigenvalue weighted by Crippen LogP contribution is -2.49. The van der Waals surface area contributed by atoms with Crippen molar-refractivity contribution in [2.75, 3.05) is 5.32 Å². The SMILES string of the molecule is CC(C)(C)OC(=O)NC1=N[C@](C)(c2nc(NC(=O)c3nn(C(F)F)cc3Cl)ccc2F)C[C@@H](C(F)(F)F)O1.O=C(O)C(F)(F)F. The van der Waals surface area contributed by atoms with Crippen molar-refractivity contribution in [3.05, 3.63) is 40.6 Å². The van der Waals surface area contributed by atoms with Crippen molar-refractivity contribution in [1.29, 1.82) is 0 Å². The predicted octanol–water partition coefficient (Wildman–Crippen LogP) is 5.80. The van der Waals surface area contributed by atoms with Gasteiger partial charge in [-0.1, -0.05) is 11.6 Å². The number of halogens is 10. The summed E-state index contributed by atoms with van der Waals surface area (Å²) in [6.45, 7) is 2.58. The first kappa shape index (κ1) is 36.9. The molecule has 0 aliphatic carbocycles. The number of aliphatic imine (C=N–C) groups is 1. The Hall–Kier alpha value is -4.30. The van der Waals surface area contributed by atoms with Crippen LogP contribution in [0.2, 0.25) is 5.02 Å². The summed E-state index contributed by atoms with van der Waals surface area (Å²) < 4.78 is 123. The largest absolute Gasteiger partial charge is 0.490 e. The van der Waals surface area contributed by atoms with E-state index in [2.05, 4.69) is 20.4 Å². The Morgan fingerprint density at radius 3 is 2.18 bits per heavy atom. The number of alkyl halides is 8. The summed E-state index contributed by atoms with van der Waals surface area (Å²) in [5.74, 6) is -5.32. The molecule has 3 N–H and O–H groups in total. The number of anilines is 1. The molecule has 0 fully saturated rings. The number of nitrogens with one attached hydrogen (secondary N) is 2. The number of carboxylic acids is 1. The Morgan fingerprint density at radius 2 is 1.71 bits per heavy atom. The number of carbonyl (C=O) groups is 3. The van der Waals surface area contributed by atoms with E-state index >= 15 is 0 Å². The van der Waals surface area contributed by atoms with Crippen LogP contribution in [-0.2, 0) is 19.8 Å². The normalized spacial score (nSPS) is 18.6. The lowest BCUT2D eigenvalue weighted by atomic mass is 9.89. The molecule has 3 rings (SSSR count). The second-order valence-electron chi connectivity index (χ2n) is 10.0. The zero-order valence-corrected chi connectivity index (χ0v) is 23.9. The van der Waals surface area contributed by atoms with Crippen LogP contribution < -0.4 is 10.6 Å². The third kappa shape index (κ3) is 10.4. The molecule has 2 amide bonds. The number of carboxylic acid groups (broad SMARTS) is 1. The van der Waals surface area contributed by atoms with Crippen molar-refractivity contribution in [1.82, 2.24) is 20.1 Å². The molecular formula is C23H22ClF9N6O6. The maximum absolute atomic E-state index is 14.9. The Labute approximate surface area is 251 Å². The summed E-state index contributed by atoms with van der Waals surface area (Å²) in [5.41, 5.74) is -4.29. The highest BCUT2D eigenvalue weighted by Crippen LogP contribution is 2.40. The van der Waals surface area contributed by atoms with Crippen LogP contribution in [-0.4, -0.2) is 67.9 Å². The molecule has 0 unspecified atom stereocenters. The van der Waals surface area contributed by atoms with Crippen LogP contribution in [0.4, 0.5) is 50.1 Å². The minimum absolute atomic E-state index is 0.134. The Morgan fingerprint density at radius 1 is 1.13 bits per heavy atom. The molecule has 250 valence electrons. The van der Waals surface area contributed by atoms with Gasteiger partial charge in [-0.3, -0.25) is 4.79 Å². The van der Waals surface area contributed by atoms with Crippen molar-refractivity contribution >= 4 is 41.4 Å². The molecular weight excluding hydrogens is 663 g/mol. The molecule has 2 atom stereocenters. The molecule has 0 saturated carbocycles. The zero-order valence-electron chi connectivity index (χ0n) is 23.2. The quantitative estimate of drug-likeness (QED) is 0.341. The van der Waals surface area contributed by atoms with Crippen LogP contribution in [0.15, 0.2) is 23.3 Å². The first-order valence-corrected chi connectivity index (χ1v) is 12.3. The first-order valence-electron chi connectivity index (χ1n) is 12.0. The van der Waals surface area contributed by atoms with Gasteiger partial charge in [0.2, 0.25) is 0 Å². The third-order valence-electron chi connectivity index (χ3n) is 5.10. The van der Waals surface area contributed by atoms with E-state index in [0.717, 1.165) is 19.1 Å². The number of amides is 2. The van der Waals surface area contributed by atoms with Crippen molar-refractivity contribution < 1.29 is 68.5 Å². The van der Waals surface area contributed by atoms with Gasteiger partial charge in [-0.15, -0.1) is 0 Å². The number of carbonyl (C=O) groups excluding carboxylic acids is 2. The first-order chi connectivity index (χ1) is 20.3. The fraction of sp³-hybridized carbons (Fsp3) is 0.478. The van der Waals surface area contributed by atoms with Crippen LogP contribution in [0, 0.1) is 5.82 Å². The van der Waals surface area contributed by atoms with Gasteiger partial charge in [-0.05, 0) is 39.8 Å². The summed E-state index contributed by atoms with van der Waals surface area (Å²) >= 11 is 5.77. The second kappa shape index (κ2) is 13.4. The molecule has 22 heteroatoms. The smallest absolute Gasteiger partial charge is 0.475 e. The molecule has 1 aliphatic rings. The predicted molar refractivity (Wildman–Crippen MR) is 134 cm³/mol. The number of hydrogen-bond acceptors (Lipinski definition) is 8. The van der Waals surface area contributed by atoms with Gasteiger partial charge in [0, 0.05) is 6.42 Å². The molecule has 2 aromatic rings. The lowest BCUT2D eigenvalue weighted by molar-refractivity contribution is -0.208. The second-order valence-corrected chi connectivity index (χ2v) is 10.4. The molecule has 3 heterocycles. The van der Waals surface area contributed by atoms with Crippen LogP contribution in [0.25, 0.3) is 0 Å². The maximum Gasteiger partial charge on any atom is 0.490 e. The summed E-state index contributed by atoms with van der Waals surface area (Å²) in [6.07, 6.45) is -14.0. The van der Waals surface area contributed by atoms with Gasteiger partial charge in [0.1, 0.15) is 28.5 Å². The Bertz CT molecular complexity index is 1460. The Balaban J connectivity index is 0.000000900. The number of nitrogens with zero attached hydrogens (tertiary/aromatic N) is 4. The van der Waals surface area contributed by atoms with Gasteiger partial charge in [-0.25, -0.2) is 34.0 Å². The summed E-state index contributed by atoms with van der Waals surface area (Å²) in [4.78, 5) is 41.3. The van der Waals surface area contributed by atoms with E-state index in [0.29, 0.717) is 6.20 Å². The van der Waals surface area contributed by atoms with Crippen LogP contribution in [0.1, 0.15) is 56.8 Å². The van der Waals surface area contributed by atoms with Gasteiger partial charge in [0.25, 0.3) is 11.9 Å². The minimum atomic E-state index is -5.08. The van der Waals surface area contributed by atoms with Crippen molar-refractivity contribution in [3.8, 4) is 0 Å². The molecule has 0 spiro atoms. The number of ether oxygens (including phenoxy) is 2. The van der Waals surface area contributed by atoms with E-state index in [1.807, 2.05) is 5.32 Å². The van der Waals surface area contributed by atoms with Crippen molar-refractivity contribution in [2.45, 2.75) is 70.3 Å². The van der Waals surface area contributed by atoms with Crippen LogP contribution in [0.3, 0.4) is 0 Å². The fourth-order valence-electron chi connectivity index (χ4n) is 3.30. The number of aromatic nitrogens is 3. The molecule has 45 heavy (non-hydrogen) atoms. The zero-order chi connectivity index (χ0) is 34.7. The van der Waals surface area contributed by atoms with Crippen LogP contribution in [0.5, 0.6) is 0 Å². The summed E-state index contributed by atoms with van der Waals surface area (Å²) in [7, 11) is 0. The summed E-state index contributed by atoms with van der Waals surface area (Å²) in [6, 6.07) is 0.884. The number of amidine groups is 1. The molecule has 12 nitrogen and oxygen atoms in total. The van der Waals surface area contributed by atoms with E-state index in [-0.39, 0.29) is 10.5 Å². The average molecular weight is 685 g/mol. The van der Waals surface area contributed by atoms with Gasteiger partial charge >= 0.3 is 31.0 Å². The van der Waals surface area contributed by atoms with E-state index in [4.69, 9.17) is 31.0 Å². The van der Waals surface area contributed by atoms with Crippen LogP contribution >= 0.6 is 11.6 Å². The molecule has 0 radical (unpaired) electrons. The van der Waals surface area contributed by atoms with E-state index in [1.165, 1.54) is 20.8 Å². The highest BCUT2D eigenvalue weighted by molar-refractivity contribution is 6.34. The number of pyridine rings is 1. The highest BCUT2D eigenvalue weighted by atomic mass is 35.5. The average Bonchev–Trinajstić information content (AvgIpc) is 3.25. The highest BCUT2D eigenvalue weighted by Gasteiger charge is 2.51. The number of rotatable bonds is 4. The number of alkyl carbamates (subject to hydrolysis) is 1. The van der Waals surface area contributed by atoms with E-state index < -0.39 is 88.8 Å². The molecule has 0 bridgehead atoms. The Kier molecular flexibility index (Phi) is 11.0. The maximum atomic E-state index is 14.9. The topological polar surface area (TPSA) is 157 Å². The monoisotopic (exact) mass is 684 g/mol. The van der Waals surface area contributed by atoms with Gasteiger partial charge in [0.05, 0.1) is 11.2 Å². The van der Waals surface area contributed by atoms with Gasteiger partial charge in [0.15, 0.2) is 11.8 Å². The summed E-state index contributed by atoms with van der Waals surface area (Å²) in [5, 5.41) is 14.2. The molecule has 0 aromatic carbocycles. The molecule has 1 aliphatic heterocycles. The third-order valence-corrected chi connectivity index (χ3v) is 5.38. The molecule has 2 aromatic heterocycles. The number of aliphatic carboxylic acids is 1. The van der Waals surface area contributed by atoms with Gasteiger partial charge in [-0.2, -0.15) is 40.2 Å². The van der Waals surface area contributed by atoms with Crippen molar-refractivity contribution in [3.63, 3.8) is 0 Å². The minimum Gasteiger partial charge on any atom is -0.475 e. The van der Waals surface area contributed by atoms with E-state index in [9.17, 15) is 49.1 Å².